The molecule has 0 spiro atoms. The lowest BCUT2D eigenvalue weighted by Gasteiger charge is -2.15. The molecule has 0 aromatic carbocycles. The minimum atomic E-state index is -0.533. The van der Waals surface area contributed by atoms with Gasteiger partial charge >= 0.3 is 0 Å². The summed E-state index contributed by atoms with van der Waals surface area (Å²) in [6, 6.07) is 0. The molecule has 0 aliphatic carbocycles. The lowest BCUT2D eigenvalue weighted by molar-refractivity contribution is 0.0684. The minimum Gasteiger partial charge on any atom is -0.390 e. The summed E-state index contributed by atoms with van der Waals surface area (Å²) in [6.07, 6.45) is 2.68. The van der Waals surface area contributed by atoms with Crippen LogP contribution in [0.2, 0.25) is 0 Å². The van der Waals surface area contributed by atoms with Crippen LogP contribution in [0.1, 0.15) is 33.1 Å². The molecule has 55 valence electrons. The van der Waals surface area contributed by atoms with E-state index in [2.05, 4.69) is 0 Å². The average Bonchev–Trinajstić information content (AvgIpc) is 1.63. The van der Waals surface area contributed by atoms with E-state index >= 15 is 0 Å². The fraction of sp³-hybridized carbons (Fsp3) is 1.00. The monoisotopic (exact) mass is 130 g/mol. The molecule has 0 aromatic heterocycles. The van der Waals surface area contributed by atoms with Crippen molar-refractivity contribution in [3.8, 4) is 0 Å². The number of hydrogen-bond acceptors (Lipinski definition) is 1. The van der Waals surface area contributed by atoms with E-state index in [0.717, 1.165) is 19.3 Å². The van der Waals surface area contributed by atoms with Crippen molar-refractivity contribution in [3.63, 3.8) is 0 Å². The van der Waals surface area contributed by atoms with Crippen LogP contribution in [0.4, 0.5) is 0 Å². The predicted octanol–water partition coefficient (Wildman–Crippen LogP) is 1.21. The van der Waals surface area contributed by atoms with Crippen LogP contribution in [-0.4, -0.2) is 17.3 Å². The van der Waals surface area contributed by atoms with Crippen LogP contribution in [0.15, 0.2) is 0 Å². The van der Waals surface area contributed by atoms with Gasteiger partial charge in [-0.3, -0.25) is 5.73 Å². The summed E-state index contributed by atoms with van der Waals surface area (Å²) in [5.41, 5.74) is 6.30. The normalized spacial score (nSPS) is 12.0. The molecule has 0 aromatic rings. The Balaban J connectivity index is 3.07. The van der Waals surface area contributed by atoms with Crippen molar-refractivity contribution in [3.05, 3.63) is 0 Å². The third kappa shape index (κ3) is 7.92. The molecular weight excluding hydrogens is 114 g/mol. The first kappa shape index (κ1) is 8.92. The van der Waals surface area contributed by atoms with E-state index in [-0.39, 0.29) is 0 Å². The van der Waals surface area contributed by atoms with Crippen LogP contribution < -0.4 is 5.73 Å². The van der Waals surface area contributed by atoms with Crippen molar-refractivity contribution in [2.45, 2.75) is 38.7 Å². The molecule has 0 atom stereocenters. The van der Waals surface area contributed by atoms with Gasteiger partial charge in [-0.25, -0.2) is 0 Å². The largest absolute Gasteiger partial charge is 0.390 e. The van der Waals surface area contributed by atoms with Crippen molar-refractivity contribution in [1.29, 1.82) is 0 Å². The standard InChI is InChI=1S/C7H16NO/c1-7(2,9)5-3-4-6-8/h8-9H,3-6H2,1-2H3. The van der Waals surface area contributed by atoms with Crippen molar-refractivity contribution in [2.75, 3.05) is 6.54 Å². The molecule has 0 heterocycles. The first-order valence-electron chi connectivity index (χ1n) is 3.43. The zero-order chi connectivity index (χ0) is 7.33. The van der Waals surface area contributed by atoms with Crippen LogP contribution in [0.5, 0.6) is 0 Å². The third-order valence-electron chi connectivity index (χ3n) is 1.22. The van der Waals surface area contributed by atoms with Crippen molar-refractivity contribution >= 4 is 0 Å². The second-order valence-electron chi connectivity index (χ2n) is 3.02. The van der Waals surface area contributed by atoms with E-state index in [9.17, 15) is 5.11 Å². The zero-order valence-electron chi connectivity index (χ0n) is 6.28. The average molecular weight is 130 g/mol. The van der Waals surface area contributed by atoms with Crippen LogP contribution in [-0.2, 0) is 0 Å². The van der Waals surface area contributed by atoms with Gasteiger partial charge in [0.05, 0.1) is 5.60 Å². The van der Waals surface area contributed by atoms with Crippen molar-refractivity contribution < 1.29 is 5.11 Å². The second kappa shape index (κ2) is 3.85. The Bertz CT molecular complexity index is 65.8. The van der Waals surface area contributed by atoms with Crippen molar-refractivity contribution in [1.82, 2.24) is 5.73 Å². The zero-order valence-corrected chi connectivity index (χ0v) is 6.28. The highest BCUT2D eigenvalue weighted by Crippen LogP contribution is 2.10. The summed E-state index contributed by atoms with van der Waals surface area (Å²) in [4.78, 5) is 0. The van der Waals surface area contributed by atoms with Crippen LogP contribution in [0.25, 0.3) is 0 Å². The Morgan fingerprint density at radius 1 is 1.33 bits per heavy atom. The number of unbranched alkanes of at least 4 members (excludes halogenated alkanes) is 1. The van der Waals surface area contributed by atoms with Gasteiger partial charge in [-0.2, -0.15) is 0 Å². The highest BCUT2D eigenvalue weighted by atomic mass is 16.3. The molecule has 0 fully saturated rings. The number of nitrogens with one attached hydrogen (secondary N) is 1. The van der Waals surface area contributed by atoms with Gasteiger partial charge in [-0.15, -0.1) is 0 Å². The van der Waals surface area contributed by atoms with Crippen LogP contribution in [0, 0.1) is 0 Å². The number of rotatable bonds is 4. The summed E-state index contributed by atoms with van der Waals surface area (Å²) >= 11 is 0. The van der Waals surface area contributed by atoms with E-state index in [4.69, 9.17) is 5.73 Å². The topological polar surface area (TPSA) is 44.0 Å². The predicted molar refractivity (Wildman–Crippen MR) is 38.1 cm³/mol. The molecular formula is C7H16NO. The van der Waals surface area contributed by atoms with E-state index < -0.39 is 5.60 Å². The first-order chi connectivity index (χ1) is 4.06. The van der Waals surface area contributed by atoms with Gasteiger partial charge in [0, 0.05) is 6.54 Å². The van der Waals surface area contributed by atoms with E-state index in [1.807, 2.05) is 0 Å². The molecule has 0 saturated carbocycles. The van der Waals surface area contributed by atoms with Gasteiger partial charge in [-0.1, -0.05) is 0 Å². The molecule has 0 saturated heterocycles. The Morgan fingerprint density at radius 3 is 2.22 bits per heavy atom. The quantitative estimate of drug-likeness (QED) is 0.571. The maximum absolute atomic E-state index is 9.18. The van der Waals surface area contributed by atoms with E-state index in [1.165, 1.54) is 0 Å². The van der Waals surface area contributed by atoms with Gasteiger partial charge in [0.25, 0.3) is 0 Å². The Labute approximate surface area is 57.1 Å². The molecule has 1 radical (unpaired) electrons. The second-order valence-corrected chi connectivity index (χ2v) is 3.02. The Hall–Kier alpha value is -0.0800. The first-order valence-corrected chi connectivity index (χ1v) is 3.43. The van der Waals surface area contributed by atoms with Crippen LogP contribution >= 0.6 is 0 Å². The Morgan fingerprint density at radius 2 is 1.89 bits per heavy atom. The smallest absolute Gasteiger partial charge is 0.0591 e. The van der Waals surface area contributed by atoms with Crippen LogP contribution in [0.3, 0.4) is 0 Å². The maximum atomic E-state index is 9.18. The molecule has 0 unspecified atom stereocenters. The summed E-state index contributed by atoms with van der Waals surface area (Å²) < 4.78 is 0. The van der Waals surface area contributed by atoms with Crippen molar-refractivity contribution in [2.24, 2.45) is 0 Å². The molecule has 2 N–H and O–H groups in total. The maximum Gasteiger partial charge on any atom is 0.0591 e. The molecule has 2 nitrogen and oxygen atoms in total. The fourth-order valence-corrected chi connectivity index (χ4v) is 0.683. The lowest BCUT2D eigenvalue weighted by atomic mass is 10.0. The molecule has 2 heteroatoms. The molecule has 9 heavy (non-hydrogen) atoms. The lowest BCUT2D eigenvalue weighted by Crippen LogP contribution is -2.17. The summed E-state index contributed by atoms with van der Waals surface area (Å²) in [5.74, 6) is 0. The van der Waals surface area contributed by atoms with Gasteiger partial charge in [0.15, 0.2) is 0 Å². The Kier molecular flexibility index (Phi) is 3.82. The minimum absolute atomic E-state index is 0.482. The van der Waals surface area contributed by atoms with Gasteiger partial charge in [0.1, 0.15) is 0 Å². The van der Waals surface area contributed by atoms with Gasteiger partial charge in [-0.05, 0) is 33.1 Å². The number of aliphatic hydroxyl groups is 1. The summed E-state index contributed by atoms with van der Waals surface area (Å²) in [5, 5.41) is 9.18. The highest BCUT2D eigenvalue weighted by molar-refractivity contribution is 4.63. The van der Waals surface area contributed by atoms with Gasteiger partial charge in [0.2, 0.25) is 0 Å². The summed E-state index contributed by atoms with van der Waals surface area (Å²) in [7, 11) is 0. The number of hydrogen-bond donors (Lipinski definition) is 1. The van der Waals surface area contributed by atoms with Gasteiger partial charge < -0.3 is 5.11 Å². The molecule has 0 aliphatic rings. The molecule has 0 bridgehead atoms. The molecule has 0 rings (SSSR count). The highest BCUT2D eigenvalue weighted by Gasteiger charge is 2.10. The molecule has 0 amide bonds. The SMILES string of the molecule is CC(C)(O)CCCC[NH]. The summed E-state index contributed by atoms with van der Waals surface area (Å²) in [6.45, 7) is 4.09. The third-order valence-corrected chi connectivity index (χ3v) is 1.22. The van der Waals surface area contributed by atoms with E-state index in [1.54, 1.807) is 13.8 Å². The molecule has 0 aliphatic heterocycles. The van der Waals surface area contributed by atoms with E-state index in [0.29, 0.717) is 6.54 Å². The fourth-order valence-electron chi connectivity index (χ4n) is 0.683.